The summed E-state index contributed by atoms with van der Waals surface area (Å²) in [5, 5.41) is 7.70. The van der Waals surface area contributed by atoms with E-state index in [0.717, 1.165) is 29.2 Å². The number of aromatic nitrogens is 2. The molecule has 5 nitrogen and oxygen atoms in total. The Balaban J connectivity index is 2.48. The fraction of sp³-hybridized carbons (Fsp3) is 0.474. The summed E-state index contributed by atoms with van der Waals surface area (Å²) < 4.78 is 7.04. The van der Waals surface area contributed by atoms with E-state index in [-0.39, 0.29) is 11.9 Å². The van der Waals surface area contributed by atoms with Crippen molar-refractivity contribution in [2.45, 2.75) is 47.1 Å². The second-order valence-electron chi connectivity index (χ2n) is 6.74. The first-order valence-corrected chi connectivity index (χ1v) is 8.37. The van der Waals surface area contributed by atoms with Gasteiger partial charge in [0.25, 0.3) is 5.91 Å². The molecule has 2 rings (SSSR count). The van der Waals surface area contributed by atoms with Crippen molar-refractivity contribution in [3.05, 3.63) is 41.2 Å². The summed E-state index contributed by atoms with van der Waals surface area (Å²) in [4.78, 5) is 12.6. The van der Waals surface area contributed by atoms with Crippen LogP contribution in [0.4, 0.5) is 0 Å². The van der Waals surface area contributed by atoms with Gasteiger partial charge in [-0.1, -0.05) is 13.8 Å². The maximum Gasteiger partial charge on any atom is 0.255 e. The first-order chi connectivity index (χ1) is 11.3. The number of hydrogen-bond acceptors (Lipinski definition) is 3. The molecular formula is C19H27N3O2. The molecule has 1 aromatic heterocycles. The van der Waals surface area contributed by atoms with E-state index in [9.17, 15) is 4.79 Å². The van der Waals surface area contributed by atoms with Crippen LogP contribution in [-0.2, 0) is 6.42 Å². The lowest BCUT2D eigenvalue weighted by molar-refractivity contribution is 0.0941. The van der Waals surface area contributed by atoms with E-state index in [0.29, 0.717) is 11.5 Å². The van der Waals surface area contributed by atoms with Crippen molar-refractivity contribution in [1.82, 2.24) is 15.1 Å². The van der Waals surface area contributed by atoms with Gasteiger partial charge in [-0.05, 0) is 57.4 Å². The molecule has 5 heteroatoms. The topological polar surface area (TPSA) is 56.2 Å². The van der Waals surface area contributed by atoms with E-state index in [4.69, 9.17) is 9.84 Å². The number of amides is 1. The van der Waals surface area contributed by atoms with Gasteiger partial charge in [0.2, 0.25) is 0 Å². The molecule has 0 saturated heterocycles. The Labute approximate surface area is 144 Å². The van der Waals surface area contributed by atoms with Crippen LogP contribution in [0, 0.1) is 12.8 Å². The normalized spacial score (nSPS) is 11.2. The van der Waals surface area contributed by atoms with E-state index < -0.39 is 0 Å². The summed E-state index contributed by atoms with van der Waals surface area (Å²) in [6.45, 7) is 10.1. The summed E-state index contributed by atoms with van der Waals surface area (Å²) in [7, 11) is 1.64. The molecule has 0 aliphatic carbocycles. The fourth-order valence-electron chi connectivity index (χ4n) is 2.69. The number of carbonyl (C=O) groups is 1. The quantitative estimate of drug-likeness (QED) is 0.882. The Hall–Kier alpha value is -2.30. The second-order valence-corrected chi connectivity index (χ2v) is 6.74. The molecule has 0 radical (unpaired) electrons. The van der Waals surface area contributed by atoms with Gasteiger partial charge in [0.15, 0.2) is 0 Å². The van der Waals surface area contributed by atoms with Crippen molar-refractivity contribution in [1.29, 1.82) is 0 Å². The van der Waals surface area contributed by atoms with Gasteiger partial charge in [-0.15, -0.1) is 0 Å². The SMILES string of the molecule is COc1ccc(-n2nc(CC(C)C)c(C(=O)NC(C)C)c2C)cc1. The lowest BCUT2D eigenvalue weighted by Crippen LogP contribution is -2.31. The molecular weight excluding hydrogens is 302 g/mol. The van der Waals surface area contributed by atoms with Crippen molar-refractivity contribution < 1.29 is 9.53 Å². The lowest BCUT2D eigenvalue weighted by atomic mass is 10.0. The molecule has 0 fully saturated rings. The maximum atomic E-state index is 12.6. The van der Waals surface area contributed by atoms with Crippen LogP contribution in [-0.4, -0.2) is 28.8 Å². The maximum absolute atomic E-state index is 12.6. The molecule has 0 unspecified atom stereocenters. The zero-order chi connectivity index (χ0) is 17.9. The highest BCUT2D eigenvalue weighted by Crippen LogP contribution is 2.22. The number of carbonyl (C=O) groups excluding carboxylic acids is 1. The van der Waals surface area contributed by atoms with Crippen LogP contribution in [0.25, 0.3) is 5.69 Å². The van der Waals surface area contributed by atoms with E-state index in [1.165, 1.54) is 0 Å². The molecule has 0 atom stereocenters. The van der Waals surface area contributed by atoms with Crippen LogP contribution in [0.1, 0.15) is 49.4 Å². The minimum Gasteiger partial charge on any atom is -0.497 e. The molecule has 2 aromatic rings. The number of methoxy groups -OCH3 is 1. The molecule has 0 aliphatic rings. The first kappa shape index (κ1) is 18.0. The number of nitrogens with one attached hydrogen (secondary N) is 1. The molecule has 1 aromatic carbocycles. The average Bonchev–Trinajstić information content (AvgIpc) is 2.82. The van der Waals surface area contributed by atoms with Gasteiger partial charge in [0.05, 0.1) is 29.7 Å². The van der Waals surface area contributed by atoms with Crippen LogP contribution in [0.5, 0.6) is 5.75 Å². The zero-order valence-electron chi connectivity index (χ0n) is 15.4. The predicted octanol–water partition coefficient (Wildman–Crippen LogP) is 3.53. The minimum absolute atomic E-state index is 0.0575. The number of rotatable bonds is 6. The Morgan fingerprint density at radius 1 is 1.21 bits per heavy atom. The first-order valence-electron chi connectivity index (χ1n) is 8.37. The molecule has 24 heavy (non-hydrogen) atoms. The smallest absolute Gasteiger partial charge is 0.255 e. The minimum atomic E-state index is -0.0575. The molecule has 0 bridgehead atoms. The van der Waals surface area contributed by atoms with E-state index in [2.05, 4.69) is 19.2 Å². The van der Waals surface area contributed by atoms with Gasteiger partial charge >= 0.3 is 0 Å². The standard InChI is InChI=1S/C19H27N3O2/c1-12(2)11-17-18(19(23)20-13(3)4)14(5)22(21-17)15-7-9-16(24-6)10-8-15/h7-10,12-13H,11H2,1-6H3,(H,20,23). The summed E-state index contributed by atoms with van der Waals surface area (Å²) in [5.74, 6) is 1.16. The monoisotopic (exact) mass is 329 g/mol. The highest BCUT2D eigenvalue weighted by Gasteiger charge is 2.22. The molecule has 130 valence electrons. The van der Waals surface area contributed by atoms with Crippen LogP contribution in [0.15, 0.2) is 24.3 Å². The van der Waals surface area contributed by atoms with Crippen molar-refractivity contribution in [2.75, 3.05) is 7.11 Å². The zero-order valence-corrected chi connectivity index (χ0v) is 15.4. The number of hydrogen-bond donors (Lipinski definition) is 1. The Bertz CT molecular complexity index is 700. The number of benzene rings is 1. The molecule has 1 amide bonds. The van der Waals surface area contributed by atoms with Crippen molar-refractivity contribution in [2.24, 2.45) is 5.92 Å². The van der Waals surface area contributed by atoms with Crippen LogP contribution >= 0.6 is 0 Å². The van der Waals surface area contributed by atoms with Gasteiger partial charge in [-0.25, -0.2) is 4.68 Å². The average molecular weight is 329 g/mol. The van der Waals surface area contributed by atoms with Crippen LogP contribution in [0.2, 0.25) is 0 Å². The summed E-state index contributed by atoms with van der Waals surface area (Å²) >= 11 is 0. The van der Waals surface area contributed by atoms with Crippen molar-refractivity contribution >= 4 is 5.91 Å². The molecule has 0 saturated carbocycles. The third-order valence-electron chi connectivity index (χ3n) is 3.75. The van der Waals surface area contributed by atoms with Gasteiger partial charge in [-0.3, -0.25) is 4.79 Å². The van der Waals surface area contributed by atoms with Crippen molar-refractivity contribution in [3.8, 4) is 11.4 Å². The van der Waals surface area contributed by atoms with Gasteiger partial charge in [-0.2, -0.15) is 5.10 Å². The van der Waals surface area contributed by atoms with E-state index in [1.807, 2.05) is 49.7 Å². The number of nitrogens with zero attached hydrogens (tertiary/aromatic N) is 2. The Morgan fingerprint density at radius 3 is 2.33 bits per heavy atom. The highest BCUT2D eigenvalue weighted by molar-refractivity contribution is 5.96. The lowest BCUT2D eigenvalue weighted by Gasteiger charge is -2.10. The largest absolute Gasteiger partial charge is 0.497 e. The summed E-state index contributed by atoms with van der Waals surface area (Å²) in [6.07, 6.45) is 0.769. The fourth-order valence-corrected chi connectivity index (χ4v) is 2.69. The molecule has 0 spiro atoms. The van der Waals surface area contributed by atoms with E-state index >= 15 is 0 Å². The van der Waals surface area contributed by atoms with Crippen LogP contribution in [0.3, 0.4) is 0 Å². The van der Waals surface area contributed by atoms with E-state index in [1.54, 1.807) is 7.11 Å². The van der Waals surface area contributed by atoms with Gasteiger partial charge in [0.1, 0.15) is 5.75 Å². The molecule has 0 aliphatic heterocycles. The predicted molar refractivity (Wildman–Crippen MR) is 96.0 cm³/mol. The van der Waals surface area contributed by atoms with Crippen LogP contribution < -0.4 is 10.1 Å². The van der Waals surface area contributed by atoms with Gasteiger partial charge < -0.3 is 10.1 Å². The molecule has 1 N–H and O–H groups in total. The highest BCUT2D eigenvalue weighted by atomic mass is 16.5. The summed E-state index contributed by atoms with van der Waals surface area (Å²) in [5.41, 5.74) is 3.31. The Morgan fingerprint density at radius 2 is 1.83 bits per heavy atom. The Kier molecular flexibility index (Phi) is 5.65. The number of ether oxygens (including phenoxy) is 1. The summed E-state index contributed by atoms with van der Waals surface area (Å²) in [6, 6.07) is 7.77. The second kappa shape index (κ2) is 7.51. The van der Waals surface area contributed by atoms with Crippen molar-refractivity contribution in [3.63, 3.8) is 0 Å². The molecule has 1 heterocycles. The third kappa shape index (κ3) is 3.96. The third-order valence-corrected chi connectivity index (χ3v) is 3.75. The van der Waals surface area contributed by atoms with Gasteiger partial charge in [0, 0.05) is 6.04 Å².